The van der Waals surface area contributed by atoms with Crippen molar-refractivity contribution in [2.45, 2.75) is 12.8 Å². The molecule has 1 aromatic carbocycles. The maximum atomic E-state index is 9.36. The first kappa shape index (κ1) is 12.0. The van der Waals surface area contributed by atoms with Gasteiger partial charge < -0.3 is 20.1 Å². The SMILES string of the molecule is C[N+]1(CCOc2cc(O)ccc2N)CCCC1. The lowest BCUT2D eigenvalue weighted by molar-refractivity contribution is -0.897. The van der Waals surface area contributed by atoms with E-state index in [1.165, 1.54) is 25.9 Å². The van der Waals surface area contributed by atoms with Gasteiger partial charge in [0.1, 0.15) is 24.7 Å². The van der Waals surface area contributed by atoms with Crippen molar-refractivity contribution in [3.8, 4) is 11.5 Å². The zero-order valence-corrected chi connectivity index (χ0v) is 10.4. The summed E-state index contributed by atoms with van der Waals surface area (Å²) in [7, 11) is 2.27. The number of nitrogen functional groups attached to an aromatic ring is 1. The maximum Gasteiger partial charge on any atom is 0.146 e. The molecule has 4 nitrogen and oxygen atoms in total. The average molecular weight is 237 g/mol. The Balaban J connectivity index is 1.87. The van der Waals surface area contributed by atoms with Crippen LogP contribution >= 0.6 is 0 Å². The molecule has 0 radical (unpaired) electrons. The molecule has 1 aliphatic rings. The number of likely N-dealkylation sites (tertiary alicyclic amines) is 1. The Morgan fingerprint density at radius 2 is 2.06 bits per heavy atom. The van der Waals surface area contributed by atoms with Crippen LogP contribution in [0.15, 0.2) is 18.2 Å². The molecule has 0 aliphatic carbocycles. The van der Waals surface area contributed by atoms with E-state index in [0.29, 0.717) is 18.0 Å². The van der Waals surface area contributed by atoms with Crippen molar-refractivity contribution in [1.29, 1.82) is 0 Å². The third kappa shape index (κ3) is 3.03. The summed E-state index contributed by atoms with van der Waals surface area (Å²) in [6.45, 7) is 4.11. The van der Waals surface area contributed by atoms with Crippen molar-refractivity contribution in [3.63, 3.8) is 0 Å². The number of likely N-dealkylation sites (N-methyl/N-ethyl adjacent to an activating group) is 1. The van der Waals surface area contributed by atoms with Crippen molar-refractivity contribution in [2.75, 3.05) is 39.0 Å². The molecule has 0 amide bonds. The third-order valence-corrected chi connectivity index (χ3v) is 3.53. The number of rotatable bonds is 4. The van der Waals surface area contributed by atoms with Gasteiger partial charge in [0.15, 0.2) is 0 Å². The Labute approximate surface area is 102 Å². The van der Waals surface area contributed by atoms with E-state index in [4.69, 9.17) is 10.5 Å². The lowest BCUT2D eigenvalue weighted by Crippen LogP contribution is -2.43. The molecular formula is C13H21N2O2+. The minimum Gasteiger partial charge on any atom is -0.508 e. The molecule has 17 heavy (non-hydrogen) atoms. The monoisotopic (exact) mass is 237 g/mol. The normalized spacial score (nSPS) is 18.2. The lowest BCUT2D eigenvalue weighted by Gasteiger charge is -2.28. The summed E-state index contributed by atoms with van der Waals surface area (Å²) in [5.41, 5.74) is 6.35. The van der Waals surface area contributed by atoms with E-state index < -0.39 is 0 Å². The molecule has 1 aromatic rings. The van der Waals surface area contributed by atoms with Gasteiger partial charge in [-0.3, -0.25) is 0 Å². The first-order chi connectivity index (χ1) is 8.09. The van der Waals surface area contributed by atoms with Crippen molar-refractivity contribution in [2.24, 2.45) is 0 Å². The summed E-state index contributed by atoms with van der Waals surface area (Å²) in [5, 5.41) is 9.36. The summed E-state index contributed by atoms with van der Waals surface area (Å²) in [6.07, 6.45) is 2.62. The van der Waals surface area contributed by atoms with E-state index in [9.17, 15) is 5.11 Å². The molecule has 0 spiro atoms. The van der Waals surface area contributed by atoms with Gasteiger partial charge in [0, 0.05) is 18.9 Å². The van der Waals surface area contributed by atoms with E-state index in [-0.39, 0.29) is 5.75 Å². The third-order valence-electron chi connectivity index (χ3n) is 3.53. The van der Waals surface area contributed by atoms with E-state index in [1.807, 2.05) is 0 Å². The van der Waals surface area contributed by atoms with Gasteiger partial charge in [-0.05, 0) is 12.1 Å². The van der Waals surface area contributed by atoms with Gasteiger partial charge in [0.2, 0.25) is 0 Å². The molecule has 3 N–H and O–H groups in total. The van der Waals surface area contributed by atoms with E-state index in [0.717, 1.165) is 11.0 Å². The number of nitrogens with two attached hydrogens (primary N) is 1. The van der Waals surface area contributed by atoms with Crippen LogP contribution in [0.25, 0.3) is 0 Å². The zero-order chi connectivity index (χ0) is 12.3. The molecule has 1 aliphatic heterocycles. The topological polar surface area (TPSA) is 55.5 Å². The van der Waals surface area contributed by atoms with Crippen LogP contribution in [-0.2, 0) is 0 Å². The quantitative estimate of drug-likeness (QED) is 0.475. The predicted molar refractivity (Wildman–Crippen MR) is 68.0 cm³/mol. The highest BCUT2D eigenvalue weighted by Crippen LogP contribution is 2.26. The largest absolute Gasteiger partial charge is 0.508 e. The number of ether oxygens (including phenoxy) is 1. The van der Waals surface area contributed by atoms with Crippen LogP contribution in [0, 0.1) is 0 Å². The highest BCUT2D eigenvalue weighted by Gasteiger charge is 2.26. The summed E-state index contributed by atoms with van der Waals surface area (Å²) >= 11 is 0. The Morgan fingerprint density at radius 3 is 2.76 bits per heavy atom. The molecule has 0 aromatic heterocycles. The minimum absolute atomic E-state index is 0.191. The molecule has 2 rings (SSSR count). The van der Waals surface area contributed by atoms with Crippen LogP contribution in [0.4, 0.5) is 5.69 Å². The first-order valence-corrected chi connectivity index (χ1v) is 6.14. The molecular weight excluding hydrogens is 216 g/mol. The number of phenolic OH excluding ortho intramolecular Hbond substituents is 1. The summed E-state index contributed by atoms with van der Waals surface area (Å²) < 4.78 is 6.73. The average Bonchev–Trinajstić information content (AvgIpc) is 2.71. The van der Waals surface area contributed by atoms with E-state index >= 15 is 0 Å². The van der Waals surface area contributed by atoms with Crippen molar-refractivity contribution in [3.05, 3.63) is 18.2 Å². The Morgan fingerprint density at radius 1 is 1.35 bits per heavy atom. The minimum atomic E-state index is 0.191. The van der Waals surface area contributed by atoms with E-state index in [2.05, 4.69) is 7.05 Å². The Hall–Kier alpha value is -1.42. The summed E-state index contributed by atoms with van der Waals surface area (Å²) in [5.74, 6) is 0.770. The molecule has 4 heteroatoms. The molecule has 0 bridgehead atoms. The van der Waals surface area contributed by atoms with Gasteiger partial charge in [-0.1, -0.05) is 0 Å². The van der Waals surface area contributed by atoms with Crippen molar-refractivity contribution in [1.82, 2.24) is 0 Å². The second-order valence-corrected chi connectivity index (χ2v) is 5.07. The van der Waals surface area contributed by atoms with Gasteiger partial charge in [0.05, 0.1) is 25.8 Å². The number of phenols is 1. The second-order valence-electron chi connectivity index (χ2n) is 5.07. The van der Waals surface area contributed by atoms with Crippen molar-refractivity contribution < 1.29 is 14.3 Å². The molecule has 0 atom stereocenters. The first-order valence-electron chi connectivity index (χ1n) is 6.14. The van der Waals surface area contributed by atoms with Crippen LogP contribution in [0.1, 0.15) is 12.8 Å². The number of benzene rings is 1. The summed E-state index contributed by atoms with van der Waals surface area (Å²) in [4.78, 5) is 0. The lowest BCUT2D eigenvalue weighted by atomic mass is 10.3. The van der Waals surface area contributed by atoms with Gasteiger partial charge >= 0.3 is 0 Å². The fourth-order valence-corrected chi connectivity index (χ4v) is 2.35. The molecule has 0 unspecified atom stereocenters. The van der Waals surface area contributed by atoms with Crippen molar-refractivity contribution >= 4 is 5.69 Å². The highest BCUT2D eigenvalue weighted by molar-refractivity contribution is 5.55. The number of anilines is 1. The second kappa shape index (κ2) is 4.84. The van der Waals surface area contributed by atoms with Gasteiger partial charge in [-0.25, -0.2) is 0 Å². The Kier molecular flexibility index (Phi) is 3.43. The standard InChI is InChI=1S/C13H20N2O2/c1-15(6-2-3-7-15)8-9-17-13-10-11(16)4-5-12(13)14/h4-5,10H,2-3,6-9,14H2,1H3/p+1. The Bertz CT molecular complexity index is 387. The van der Waals surface area contributed by atoms with Crippen LogP contribution in [0.5, 0.6) is 11.5 Å². The maximum absolute atomic E-state index is 9.36. The van der Waals surface area contributed by atoms with Gasteiger partial charge in [0.25, 0.3) is 0 Å². The van der Waals surface area contributed by atoms with Gasteiger partial charge in [-0.15, -0.1) is 0 Å². The molecule has 1 heterocycles. The number of quaternary nitrogens is 1. The molecule has 1 fully saturated rings. The predicted octanol–water partition coefficient (Wildman–Crippen LogP) is 1.59. The smallest absolute Gasteiger partial charge is 0.146 e. The number of aromatic hydroxyl groups is 1. The number of hydrogen-bond donors (Lipinski definition) is 2. The fourth-order valence-electron chi connectivity index (χ4n) is 2.35. The van der Waals surface area contributed by atoms with E-state index in [1.54, 1.807) is 18.2 Å². The molecule has 94 valence electrons. The van der Waals surface area contributed by atoms with Crippen LogP contribution in [0.3, 0.4) is 0 Å². The van der Waals surface area contributed by atoms with Crippen LogP contribution in [0.2, 0.25) is 0 Å². The molecule has 1 saturated heterocycles. The zero-order valence-electron chi connectivity index (χ0n) is 10.4. The highest BCUT2D eigenvalue weighted by atomic mass is 16.5. The van der Waals surface area contributed by atoms with Gasteiger partial charge in [-0.2, -0.15) is 0 Å². The summed E-state index contributed by atoms with van der Waals surface area (Å²) in [6, 6.07) is 4.80. The number of nitrogens with zero attached hydrogens (tertiary/aromatic N) is 1. The van der Waals surface area contributed by atoms with Crippen LogP contribution < -0.4 is 10.5 Å². The fraction of sp³-hybridized carbons (Fsp3) is 0.538. The number of hydrogen-bond acceptors (Lipinski definition) is 3. The molecule has 0 saturated carbocycles. The van der Waals surface area contributed by atoms with Crippen LogP contribution in [-0.4, -0.2) is 42.9 Å².